The SMILES string of the molecule is O=C(CNc1ccccc1F)c1ccc(Cl)cc1. The number of ketones is 1. The second-order valence-electron chi connectivity index (χ2n) is 3.76. The fourth-order valence-electron chi connectivity index (χ4n) is 1.52. The number of para-hydroxylation sites is 1. The van der Waals surface area contributed by atoms with Crippen molar-refractivity contribution in [1.29, 1.82) is 0 Å². The maximum absolute atomic E-state index is 13.3. The van der Waals surface area contributed by atoms with E-state index in [1.165, 1.54) is 6.07 Å². The molecule has 92 valence electrons. The zero-order valence-corrected chi connectivity index (χ0v) is 10.2. The van der Waals surface area contributed by atoms with E-state index in [1.807, 2.05) is 0 Å². The first kappa shape index (κ1) is 12.6. The third-order valence-electron chi connectivity index (χ3n) is 2.48. The van der Waals surface area contributed by atoms with Gasteiger partial charge in [-0.3, -0.25) is 4.79 Å². The monoisotopic (exact) mass is 263 g/mol. The number of anilines is 1. The number of Topliss-reactive ketones (excluding diaryl/α,β-unsaturated/α-hetero) is 1. The summed E-state index contributed by atoms with van der Waals surface area (Å²) >= 11 is 5.73. The number of carbonyl (C=O) groups excluding carboxylic acids is 1. The van der Waals surface area contributed by atoms with Crippen molar-refractivity contribution in [2.45, 2.75) is 0 Å². The minimum Gasteiger partial charge on any atom is -0.375 e. The van der Waals surface area contributed by atoms with Gasteiger partial charge in [0.1, 0.15) is 5.82 Å². The van der Waals surface area contributed by atoms with Crippen LogP contribution in [-0.2, 0) is 0 Å². The second kappa shape index (κ2) is 5.65. The van der Waals surface area contributed by atoms with Gasteiger partial charge in [-0.25, -0.2) is 4.39 Å². The number of nitrogens with one attached hydrogen (secondary N) is 1. The lowest BCUT2D eigenvalue weighted by atomic mass is 10.1. The predicted molar refractivity (Wildman–Crippen MR) is 70.7 cm³/mol. The summed E-state index contributed by atoms with van der Waals surface area (Å²) in [6.45, 7) is 0.0442. The summed E-state index contributed by atoms with van der Waals surface area (Å²) in [5.41, 5.74) is 0.864. The van der Waals surface area contributed by atoms with Crippen LogP contribution in [0, 0.1) is 5.82 Å². The Labute approximate surface area is 109 Å². The lowest BCUT2D eigenvalue weighted by molar-refractivity contribution is 0.101. The molecule has 18 heavy (non-hydrogen) atoms. The summed E-state index contributed by atoms with van der Waals surface area (Å²) in [5, 5.41) is 3.35. The quantitative estimate of drug-likeness (QED) is 0.851. The number of carbonyl (C=O) groups is 1. The molecule has 0 aliphatic heterocycles. The molecular weight excluding hydrogens is 253 g/mol. The highest BCUT2D eigenvalue weighted by Gasteiger charge is 2.06. The van der Waals surface area contributed by atoms with Crippen LogP contribution in [0.2, 0.25) is 5.02 Å². The van der Waals surface area contributed by atoms with E-state index in [4.69, 9.17) is 11.6 Å². The lowest BCUT2D eigenvalue weighted by Gasteiger charge is -2.06. The lowest BCUT2D eigenvalue weighted by Crippen LogP contribution is -2.14. The fraction of sp³-hybridized carbons (Fsp3) is 0.0714. The van der Waals surface area contributed by atoms with E-state index in [1.54, 1.807) is 42.5 Å². The van der Waals surface area contributed by atoms with Gasteiger partial charge in [-0.15, -0.1) is 0 Å². The first-order chi connectivity index (χ1) is 8.66. The average molecular weight is 264 g/mol. The van der Waals surface area contributed by atoms with Crippen LogP contribution in [0.1, 0.15) is 10.4 Å². The van der Waals surface area contributed by atoms with Gasteiger partial charge in [-0.1, -0.05) is 23.7 Å². The summed E-state index contributed by atoms with van der Waals surface area (Å²) < 4.78 is 13.3. The molecule has 4 heteroatoms. The fourth-order valence-corrected chi connectivity index (χ4v) is 1.64. The number of hydrogen-bond acceptors (Lipinski definition) is 2. The molecule has 0 radical (unpaired) electrons. The topological polar surface area (TPSA) is 29.1 Å². The molecule has 0 aromatic heterocycles. The summed E-state index contributed by atoms with van der Waals surface area (Å²) in [5.74, 6) is -0.490. The van der Waals surface area contributed by atoms with Crippen LogP contribution in [-0.4, -0.2) is 12.3 Å². The van der Waals surface area contributed by atoms with Crippen LogP contribution in [0.5, 0.6) is 0 Å². The molecule has 0 aliphatic rings. The van der Waals surface area contributed by atoms with Crippen molar-refractivity contribution >= 4 is 23.1 Å². The van der Waals surface area contributed by atoms with Gasteiger partial charge in [0.25, 0.3) is 0 Å². The Kier molecular flexibility index (Phi) is 3.95. The Morgan fingerprint density at radius 2 is 1.78 bits per heavy atom. The van der Waals surface area contributed by atoms with Crippen molar-refractivity contribution in [3.8, 4) is 0 Å². The maximum atomic E-state index is 13.3. The first-order valence-corrected chi connectivity index (χ1v) is 5.82. The molecule has 0 saturated heterocycles. The molecule has 2 nitrogen and oxygen atoms in total. The van der Waals surface area contributed by atoms with E-state index >= 15 is 0 Å². The van der Waals surface area contributed by atoms with Gasteiger partial charge in [0.05, 0.1) is 12.2 Å². The van der Waals surface area contributed by atoms with Crippen molar-refractivity contribution in [2.75, 3.05) is 11.9 Å². The van der Waals surface area contributed by atoms with Crippen molar-refractivity contribution in [1.82, 2.24) is 0 Å². The molecule has 2 aromatic rings. The van der Waals surface area contributed by atoms with Crippen molar-refractivity contribution in [2.24, 2.45) is 0 Å². The van der Waals surface area contributed by atoms with Gasteiger partial charge < -0.3 is 5.32 Å². The van der Waals surface area contributed by atoms with Gasteiger partial charge in [-0.2, -0.15) is 0 Å². The molecule has 0 fully saturated rings. The standard InChI is InChI=1S/C14H11ClFNO/c15-11-7-5-10(6-8-11)14(18)9-17-13-4-2-1-3-12(13)16/h1-8,17H,9H2. The second-order valence-corrected chi connectivity index (χ2v) is 4.20. The molecule has 0 heterocycles. The number of hydrogen-bond donors (Lipinski definition) is 1. The normalized spacial score (nSPS) is 10.1. The van der Waals surface area contributed by atoms with E-state index in [2.05, 4.69) is 5.32 Å². The van der Waals surface area contributed by atoms with Crippen molar-refractivity contribution in [3.63, 3.8) is 0 Å². The van der Waals surface area contributed by atoms with Gasteiger partial charge in [0, 0.05) is 10.6 Å². The molecule has 2 aromatic carbocycles. The van der Waals surface area contributed by atoms with Gasteiger partial charge in [-0.05, 0) is 36.4 Å². The molecule has 2 rings (SSSR count). The highest BCUT2D eigenvalue weighted by Crippen LogP contribution is 2.13. The Hall–Kier alpha value is -1.87. The van der Waals surface area contributed by atoms with E-state index < -0.39 is 0 Å². The largest absolute Gasteiger partial charge is 0.375 e. The molecule has 0 bridgehead atoms. The molecule has 1 N–H and O–H groups in total. The van der Waals surface area contributed by atoms with Crippen LogP contribution in [0.25, 0.3) is 0 Å². The summed E-state index contributed by atoms with van der Waals surface area (Å²) in [6.07, 6.45) is 0. The van der Waals surface area contributed by atoms with Crippen LogP contribution >= 0.6 is 11.6 Å². The molecule has 0 atom stereocenters. The van der Waals surface area contributed by atoms with E-state index in [0.29, 0.717) is 16.3 Å². The predicted octanol–water partition coefficient (Wildman–Crippen LogP) is 3.77. The Morgan fingerprint density at radius 1 is 1.11 bits per heavy atom. The Morgan fingerprint density at radius 3 is 2.44 bits per heavy atom. The average Bonchev–Trinajstić information content (AvgIpc) is 2.38. The van der Waals surface area contributed by atoms with E-state index in [-0.39, 0.29) is 18.1 Å². The van der Waals surface area contributed by atoms with Crippen LogP contribution < -0.4 is 5.32 Å². The smallest absolute Gasteiger partial charge is 0.181 e. The molecule has 0 aliphatic carbocycles. The van der Waals surface area contributed by atoms with Gasteiger partial charge in [0.15, 0.2) is 5.78 Å². The Balaban J connectivity index is 2.01. The van der Waals surface area contributed by atoms with Crippen LogP contribution in [0.15, 0.2) is 48.5 Å². The van der Waals surface area contributed by atoms with Gasteiger partial charge >= 0.3 is 0 Å². The summed E-state index contributed by atoms with van der Waals surface area (Å²) in [6, 6.07) is 12.8. The molecule has 0 saturated carbocycles. The van der Waals surface area contributed by atoms with Crippen LogP contribution in [0.3, 0.4) is 0 Å². The number of halogens is 2. The maximum Gasteiger partial charge on any atom is 0.181 e. The first-order valence-electron chi connectivity index (χ1n) is 5.44. The minimum absolute atomic E-state index is 0.0442. The molecule has 0 spiro atoms. The third-order valence-corrected chi connectivity index (χ3v) is 2.73. The Bertz CT molecular complexity index is 554. The highest BCUT2D eigenvalue weighted by molar-refractivity contribution is 6.30. The van der Waals surface area contributed by atoms with E-state index in [0.717, 1.165) is 0 Å². The molecular formula is C14H11ClFNO. The van der Waals surface area contributed by atoms with Crippen molar-refractivity contribution < 1.29 is 9.18 Å². The summed E-state index contributed by atoms with van der Waals surface area (Å²) in [4.78, 5) is 11.8. The minimum atomic E-state index is -0.374. The zero-order valence-electron chi connectivity index (χ0n) is 9.49. The zero-order chi connectivity index (χ0) is 13.0. The van der Waals surface area contributed by atoms with Crippen molar-refractivity contribution in [3.05, 3.63) is 64.9 Å². The number of rotatable bonds is 4. The summed E-state index contributed by atoms with van der Waals surface area (Å²) in [7, 11) is 0. The van der Waals surface area contributed by atoms with Crippen LogP contribution in [0.4, 0.5) is 10.1 Å². The molecule has 0 unspecified atom stereocenters. The third kappa shape index (κ3) is 3.08. The highest BCUT2D eigenvalue weighted by atomic mass is 35.5. The number of benzene rings is 2. The van der Waals surface area contributed by atoms with Gasteiger partial charge in [0.2, 0.25) is 0 Å². The molecule has 0 amide bonds. The van der Waals surface area contributed by atoms with E-state index in [9.17, 15) is 9.18 Å².